The number of methoxy groups -OCH3 is 1. The van der Waals surface area contributed by atoms with Crippen LogP contribution in [0.5, 0.6) is 0 Å². The van der Waals surface area contributed by atoms with Gasteiger partial charge in [-0.3, -0.25) is 0 Å². The molecule has 6 heteroatoms. The van der Waals surface area contributed by atoms with Crippen LogP contribution in [0.1, 0.15) is 6.92 Å². The molecular formula is C7H11NO5. The van der Waals surface area contributed by atoms with Crippen molar-refractivity contribution in [1.82, 2.24) is 0 Å². The zero-order chi connectivity index (χ0) is 10.3. The lowest BCUT2D eigenvalue weighted by atomic mass is 10.4. The highest BCUT2D eigenvalue weighted by atomic mass is 16.6. The molecule has 0 aliphatic carbocycles. The van der Waals surface area contributed by atoms with Gasteiger partial charge in [0.1, 0.15) is 7.11 Å². The molecule has 0 fully saturated rings. The molecular weight excluding hydrogens is 178 g/mol. The van der Waals surface area contributed by atoms with Gasteiger partial charge in [-0.25, -0.2) is 9.59 Å². The number of ether oxygens (including phenoxy) is 2. The minimum atomic E-state index is -0.889. The van der Waals surface area contributed by atoms with Gasteiger partial charge in [0.15, 0.2) is 0 Å². The summed E-state index contributed by atoms with van der Waals surface area (Å²) in [6, 6.07) is 0. The summed E-state index contributed by atoms with van der Waals surface area (Å²) in [5, 5.41) is 3.18. The van der Waals surface area contributed by atoms with Crippen LogP contribution in [-0.4, -0.2) is 38.5 Å². The molecule has 0 amide bonds. The van der Waals surface area contributed by atoms with Crippen LogP contribution in [0.2, 0.25) is 0 Å². The van der Waals surface area contributed by atoms with E-state index in [4.69, 9.17) is 0 Å². The van der Waals surface area contributed by atoms with Crippen molar-refractivity contribution in [3.63, 3.8) is 0 Å². The van der Waals surface area contributed by atoms with Crippen LogP contribution in [0.25, 0.3) is 0 Å². The van der Waals surface area contributed by atoms with E-state index < -0.39 is 17.7 Å². The first kappa shape index (κ1) is 11.4. The number of carbonyl (C=O) groups is 2. The summed E-state index contributed by atoms with van der Waals surface area (Å²) in [6.07, 6.45) is 0. The van der Waals surface area contributed by atoms with Gasteiger partial charge < -0.3 is 14.3 Å². The van der Waals surface area contributed by atoms with Crippen LogP contribution < -0.4 is 0 Å². The van der Waals surface area contributed by atoms with Crippen molar-refractivity contribution >= 4 is 17.7 Å². The number of esters is 2. The van der Waals surface area contributed by atoms with Crippen molar-refractivity contribution in [3.8, 4) is 0 Å². The molecule has 0 heterocycles. The third-order valence-corrected chi connectivity index (χ3v) is 1.03. The van der Waals surface area contributed by atoms with Gasteiger partial charge in [-0.15, -0.1) is 0 Å². The monoisotopic (exact) mass is 189 g/mol. The maximum absolute atomic E-state index is 11.0. The number of hydrogen-bond donors (Lipinski definition) is 0. The van der Waals surface area contributed by atoms with E-state index >= 15 is 0 Å². The predicted molar refractivity (Wildman–Crippen MR) is 43.1 cm³/mol. The van der Waals surface area contributed by atoms with Gasteiger partial charge in [-0.2, -0.15) is 0 Å². The molecule has 6 nitrogen and oxygen atoms in total. The molecule has 0 aromatic rings. The fraction of sp³-hybridized carbons (Fsp3) is 0.571. The van der Waals surface area contributed by atoms with E-state index in [0.717, 1.165) is 7.11 Å². The van der Waals surface area contributed by atoms with E-state index in [1.165, 1.54) is 7.11 Å². The Kier molecular flexibility index (Phi) is 5.25. The molecule has 0 aliphatic rings. The van der Waals surface area contributed by atoms with E-state index in [2.05, 4.69) is 19.5 Å². The summed E-state index contributed by atoms with van der Waals surface area (Å²) in [5.74, 6) is -1.75. The Bertz CT molecular complexity index is 223. The normalized spacial score (nSPS) is 10.5. The highest BCUT2D eigenvalue weighted by Crippen LogP contribution is 1.89. The summed E-state index contributed by atoms with van der Waals surface area (Å²) in [7, 11) is 2.34. The minimum Gasteiger partial charge on any atom is -0.464 e. The zero-order valence-electron chi connectivity index (χ0n) is 7.70. The number of nitrogens with zero attached hydrogens (tertiary/aromatic N) is 1. The average molecular weight is 189 g/mol. The summed E-state index contributed by atoms with van der Waals surface area (Å²) >= 11 is 0. The van der Waals surface area contributed by atoms with E-state index in [1.54, 1.807) is 6.92 Å². The number of carbonyl (C=O) groups excluding carboxylic acids is 2. The molecule has 0 saturated heterocycles. The van der Waals surface area contributed by atoms with E-state index in [-0.39, 0.29) is 6.61 Å². The first-order valence-corrected chi connectivity index (χ1v) is 3.53. The highest BCUT2D eigenvalue weighted by Gasteiger charge is 2.23. The molecule has 0 atom stereocenters. The number of oxime groups is 1. The molecule has 0 rings (SSSR count). The summed E-state index contributed by atoms with van der Waals surface area (Å²) in [6.45, 7) is 1.76. The fourth-order valence-electron chi connectivity index (χ4n) is 0.545. The van der Waals surface area contributed by atoms with Crippen LogP contribution in [0.3, 0.4) is 0 Å². The Labute approximate surface area is 75.4 Å². The van der Waals surface area contributed by atoms with Crippen LogP contribution >= 0.6 is 0 Å². The Morgan fingerprint density at radius 2 is 1.85 bits per heavy atom. The molecule has 0 aromatic carbocycles. The number of hydrogen-bond acceptors (Lipinski definition) is 6. The zero-order valence-corrected chi connectivity index (χ0v) is 7.70. The topological polar surface area (TPSA) is 74.2 Å². The Morgan fingerprint density at radius 3 is 2.23 bits per heavy atom. The van der Waals surface area contributed by atoms with Crippen molar-refractivity contribution in [1.29, 1.82) is 0 Å². The van der Waals surface area contributed by atoms with Crippen LogP contribution in [-0.2, 0) is 23.9 Å². The first-order chi connectivity index (χ1) is 6.17. The molecule has 0 spiro atoms. The van der Waals surface area contributed by atoms with Crippen LogP contribution in [0.4, 0.5) is 0 Å². The van der Waals surface area contributed by atoms with Gasteiger partial charge in [-0.1, -0.05) is 5.16 Å². The second kappa shape index (κ2) is 5.99. The van der Waals surface area contributed by atoms with Gasteiger partial charge in [0.05, 0.1) is 13.7 Å². The quantitative estimate of drug-likeness (QED) is 0.263. The molecule has 0 N–H and O–H groups in total. The van der Waals surface area contributed by atoms with Gasteiger partial charge in [0.2, 0.25) is 0 Å². The molecule has 0 aromatic heterocycles. The van der Waals surface area contributed by atoms with E-state index in [0.29, 0.717) is 0 Å². The van der Waals surface area contributed by atoms with Crippen molar-refractivity contribution in [3.05, 3.63) is 0 Å². The van der Waals surface area contributed by atoms with E-state index in [1.807, 2.05) is 0 Å². The summed E-state index contributed by atoms with van der Waals surface area (Å²) < 4.78 is 8.81. The average Bonchev–Trinajstić information content (AvgIpc) is 2.13. The summed E-state index contributed by atoms with van der Waals surface area (Å²) in [4.78, 5) is 26.2. The maximum atomic E-state index is 11.0. The number of rotatable bonds is 4. The molecule has 0 aliphatic heterocycles. The Balaban J connectivity index is 4.52. The van der Waals surface area contributed by atoms with Crippen LogP contribution in [0.15, 0.2) is 5.16 Å². The molecule has 13 heavy (non-hydrogen) atoms. The van der Waals surface area contributed by atoms with Gasteiger partial charge in [0.25, 0.3) is 5.71 Å². The fourth-order valence-corrected chi connectivity index (χ4v) is 0.545. The predicted octanol–water partition coefficient (Wildman–Crippen LogP) is -0.275. The third-order valence-electron chi connectivity index (χ3n) is 1.03. The van der Waals surface area contributed by atoms with Crippen molar-refractivity contribution in [2.24, 2.45) is 5.16 Å². The SMILES string of the molecule is CCOC(=O)/C(=N\OC)C(=O)OC. The highest BCUT2D eigenvalue weighted by molar-refractivity contribution is 6.62. The summed E-state index contributed by atoms with van der Waals surface area (Å²) in [5.41, 5.74) is -0.508. The van der Waals surface area contributed by atoms with Crippen molar-refractivity contribution < 1.29 is 23.9 Å². The minimum absolute atomic E-state index is 0.151. The molecule has 74 valence electrons. The molecule has 0 saturated carbocycles. The van der Waals surface area contributed by atoms with E-state index in [9.17, 15) is 9.59 Å². The largest absolute Gasteiger partial charge is 0.464 e. The Hall–Kier alpha value is -1.59. The second-order valence-electron chi connectivity index (χ2n) is 1.83. The molecule has 0 radical (unpaired) electrons. The van der Waals surface area contributed by atoms with Crippen molar-refractivity contribution in [2.75, 3.05) is 20.8 Å². The lowest BCUT2D eigenvalue weighted by Crippen LogP contribution is -2.27. The smallest absolute Gasteiger partial charge is 0.368 e. The standard InChI is InChI=1S/C7H11NO5/c1-4-13-7(10)5(8-12-3)6(9)11-2/h4H2,1-3H3/b8-5-. The van der Waals surface area contributed by atoms with Gasteiger partial charge >= 0.3 is 11.9 Å². The Morgan fingerprint density at radius 1 is 1.23 bits per heavy atom. The third kappa shape index (κ3) is 3.55. The lowest BCUT2D eigenvalue weighted by molar-refractivity contribution is -0.139. The van der Waals surface area contributed by atoms with Gasteiger partial charge in [-0.05, 0) is 6.92 Å². The molecule has 0 bridgehead atoms. The molecule has 0 unspecified atom stereocenters. The lowest BCUT2D eigenvalue weighted by Gasteiger charge is -2.02. The maximum Gasteiger partial charge on any atom is 0.368 e. The second-order valence-corrected chi connectivity index (χ2v) is 1.83. The first-order valence-electron chi connectivity index (χ1n) is 3.53. The van der Waals surface area contributed by atoms with Crippen LogP contribution in [0, 0.1) is 0 Å². The van der Waals surface area contributed by atoms with Crippen molar-refractivity contribution in [2.45, 2.75) is 6.92 Å². The van der Waals surface area contributed by atoms with Gasteiger partial charge in [0, 0.05) is 0 Å².